The third kappa shape index (κ3) is 3.37. The summed E-state index contributed by atoms with van der Waals surface area (Å²) in [6.45, 7) is -0.0146. The van der Waals surface area contributed by atoms with Gasteiger partial charge in [0.05, 0.1) is 7.11 Å². The Morgan fingerprint density at radius 2 is 1.89 bits per heavy atom. The SMILES string of the molecule is COc1ccccc1OCC(=O)NC1CCc2c(c3ccccc3n2C)C1. The zero-order valence-corrected chi connectivity index (χ0v) is 15.7. The van der Waals surface area contributed by atoms with Gasteiger partial charge < -0.3 is 19.4 Å². The molecule has 5 nitrogen and oxygen atoms in total. The van der Waals surface area contributed by atoms with Gasteiger partial charge in [0, 0.05) is 29.7 Å². The van der Waals surface area contributed by atoms with Crippen molar-refractivity contribution in [3.05, 3.63) is 59.8 Å². The Morgan fingerprint density at radius 1 is 1.15 bits per heavy atom. The van der Waals surface area contributed by atoms with E-state index in [0.29, 0.717) is 11.5 Å². The van der Waals surface area contributed by atoms with Gasteiger partial charge in [-0.2, -0.15) is 0 Å². The number of methoxy groups -OCH3 is 1. The zero-order chi connectivity index (χ0) is 18.8. The molecule has 3 aromatic rings. The molecule has 1 heterocycles. The molecule has 0 spiro atoms. The first-order valence-corrected chi connectivity index (χ1v) is 9.27. The molecule has 0 radical (unpaired) electrons. The Bertz CT molecular complexity index is 977. The van der Waals surface area contributed by atoms with Gasteiger partial charge in [-0.15, -0.1) is 0 Å². The van der Waals surface area contributed by atoms with Crippen LogP contribution in [-0.2, 0) is 24.7 Å². The minimum atomic E-state index is -0.102. The molecule has 1 unspecified atom stereocenters. The standard InChI is InChI=1S/C22H24N2O3/c1-24-18-8-4-3-7-16(18)17-13-15(11-12-19(17)24)23-22(25)14-27-21-10-6-5-9-20(21)26-2/h3-10,15H,11-14H2,1-2H3,(H,23,25). The van der Waals surface area contributed by atoms with Crippen LogP contribution < -0.4 is 14.8 Å². The molecule has 0 bridgehead atoms. The molecule has 0 fully saturated rings. The van der Waals surface area contributed by atoms with Crippen molar-refractivity contribution in [2.24, 2.45) is 7.05 Å². The summed E-state index contributed by atoms with van der Waals surface area (Å²) in [6.07, 6.45) is 2.77. The molecule has 1 aliphatic carbocycles. The van der Waals surface area contributed by atoms with E-state index in [-0.39, 0.29) is 18.6 Å². The molecule has 4 rings (SSSR count). The average Bonchev–Trinajstić information content (AvgIpc) is 2.99. The molecular formula is C22H24N2O3. The van der Waals surface area contributed by atoms with Crippen LogP contribution in [-0.4, -0.2) is 30.2 Å². The highest BCUT2D eigenvalue weighted by Crippen LogP contribution is 2.31. The van der Waals surface area contributed by atoms with Crippen LogP contribution in [0.15, 0.2) is 48.5 Å². The number of carbonyl (C=O) groups is 1. The highest BCUT2D eigenvalue weighted by atomic mass is 16.5. The van der Waals surface area contributed by atoms with Gasteiger partial charge in [0.15, 0.2) is 18.1 Å². The smallest absolute Gasteiger partial charge is 0.258 e. The number of amides is 1. The zero-order valence-electron chi connectivity index (χ0n) is 15.7. The fourth-order valence-corrected chi connectivity index (χ4v) is 4.00. The number of aryl methyl sites for hydroxylation is 1. The fourth-order valence-electron chi connectivity index (χ4n) is 4.00. The lowest BCUT2D eigenvalue weighted by atomic mass is 9.91. The van der Waals surface area contributed by atoms with Crippen molar-refractivity contribution in [1.82, 2.24) is 9.88 Å². The molecule has 1 atom stereocenters. The normalized spacial score (nSPS) is 16.0. The second kappa shape index (κ2) is 7.35. The molecule has 27 heavy (non-hydrogen) atoms. The lowest BCUT2D eigenvalue weighted by molar-refractivity contribution is -0.123. The number of carbonyl (C=O) groups excluding carboxylic acids is 1. The fraction of sp³-hybridized carbons (Fsp3) is 0.318. The topological polar surface area (TPSA) is 52.5 Å². The van der Waals surface area contributed by atoms with Crippen LogP contribution in [0.5, 0.6) is 11.5 Å². The van der Waals surface area contributed by atoms with Crippen molar-refractivity contribution in [2.45, 2.75) is 25.3 Å². The summed E-state index contributed by atoms with van der Waals surface area (Å²) in [4.78, 5) is 12.4. The maximum absolute atomic E-state index is 12.4. The largest absolute Gasteiger partial charge is 0.493 e. The molecule has 0 saturated carbocycles. The number of hydrogen-bond acceptors (Lipinski definition) is 3. The van der Waals surface area contributed by atoms with Crippen LogP contribution in [0, 0.1) is 0 Å². The van der Waals surface area contributed by atoms with Crippen molar-refractivity contribution in [2.75, 3.05) is 13.7 Å². The van der Waals surface area contributed by atoms with E-state index in [9.17, 15) is 4.79 Å². The third-order valence-corrected chi connectivity index (χ3v) is 5.32. The molecule has 1 aliphatic rings. The van der Waals surface area contributed by atoms with Crippen LogP contribution in [0.1, 0.15) is 17.7 Å². The number of para-hydroxylation sites is 3. The van der Waals surface area contributed by atoms with Gasteiger partial charge in [0.25, 0.3) is 5.91 Å². The number of benzene rings is 2. The molecule has 1 aromatic heterocycles. The summed E-state index contributed by atoms with van der Waals surface area (Å²) < 4.78 is 13.2. The van der Waals surface area contributed by atoms with Crippen molar-refractivity contribution >= 4 is 16.8 Å². The Balaban J connectivity index is 1.41. The number of hydrogen-bond donors (Lipinski definition) is 1. The number of rotatable bonds is 5. The Labute approximate surface area is 158 Å². The summed E-state index contributed by atoms with van der Waals surface area (Å²) in [5.41, 5.74) is 4.00. The summed E-state index contributed by atoms with van der Waals surface area (Å²) in [5, 5.41) is 4.42. The molecule has 1 amide bonds. The van der Waals surface area contributed by atoms with Gasteiger partial charge in [-0.1, -0.05) is 30.3 Å². The number of nitrogens with zero attached hydrogens (tertiary/aromatic N) is 1. The van der Waals surface area contributed by atoms with Gasteiger partial charge >= 0.3 is 0 Å². The van der Waals surface area contributed by atoms with E-state index in [2.05, 4.69) is 41.2 Å². The van der Waals surface area contributed by atoms with Crippen LogP contribution in [0.4, 0.5) is 0 Å². The van der Waals surface area contributed by atoms with Crippen molar-refractivity contribution in [1.29, 1.82) is 0 Å². The predicted molar refractivity (Wildman–Crippen MR) is 105 cm³/mol. The lowest BCUT2D eigenvalue weighted by Crippen LogP contribution is -2.41. The number of aromatic nitrogens is 1. The Kier molecular flexibility index (Phi) is 4.75. The second-order valence-corrected chi connectivity index (χ2v) is 6.95. The van der Waals surface area contributed by atoms with E-state index in [0.717, 1.165) is 19.3 Å². The summed E-state index contributed by atoms with van der Waals surface area (Å²) in [6, 6.07) is 16.0. The van der Waals surface area contributed by atoms with E-state index >= 15 is 0 Å². The van der Waals surface area contributed by atoms with Gasteiger partial charge in [-0.05, 0) is 43.0 Å². The molecule has 1 N–H and O–H groups in total. The highest BCUT2D eigenvalue weighted by molar-refractivity contribution is 5.86. The van der Waals surface area contributed by atoms with E-state index in [1.165, 1.54) is 22.2 Å². The third-order valence-electron chi connectivity index (χ3n) is 5.32. The highest BCUT2D eigenvalue weighted by Gasteiger charge is 2.25. The van der Waals surface area contributed by atoms with Crippen molar-refractivity contribution in [3.63, 3.8) is 0 Å². The van der Waals surface area contributed by atoms with Gasteiger partial charge in [0.1, 0.15) is 0 Å². The average molecular weight is 364 g/mol. The Morgan fingerprint density at radius 3 is 2.70 bits per heavy atom. The van der Waals surface area contributed by atoms with E-state index < -0.39 is 0 Å². The van der Waals surface area contributed by atoms with Crippen molar-refractivity contribution < 1.29 is 14.3 Å². The number of fused-ring (bicyclic) bond motifs is 3. The van der Waals surface area contributed by atoms with Crippen LogP contribution in [0.2, 0.25) is 0 Å². The first kappa shape index (κ1) is 17.5. The van der Waals surface area contributed by atoms with E-state index in [4.69, 9.17) is 9.47 Å². The maximum Gasteiger partial charge on any atom is 0.258 e. The first-order chi connectivity index (χ1) is 13.2. The quantitative estimate of drug-likeness (QED) is 0.756. The number of ether oxygens (including phenoxy) is 2. The second-order valence-electron chi connectivity index (χ2n) is 6.95. The van der Waals surface area contributed by atoms with Crippen LogP contribution in [0.25, 0.3) is 10.9 Å². The molecule has 0 aliphatic heterocycles. The predicted octanol–water partition coefficient (Wildman–Crippen LogP) is 3.24. The molecule has 2 aromatic carbocycles. The minimum Gasteiger partial charge on any atom is -0.493 e. The van der Waals surface area contributed by atoms with Crippen LogP contribution in [0.3, 0.4) is 0 Å². The molecular weight excluding hydrogens is 340 g/mol. The summed E-state index contributed by atoms with van der Waals surface area (Å²) >= 11 is 0. The monoisotopic (exact) mass is 364 g/mol. The molecule has 140 valence electrons. The number of nitrogens with one attached hydrogen (secondary N) is 1. The lowest BCUT2D eigenvalue weighted by Gasteiger charge is -2.24. The summed E-state index contributed by atoms with van der Waals surface area (Å²) in [7, 11) is 3.72. The van der Waals surface area contributed by atoms with E-state index in [1.54, 1.807) is 13.2 Å². The molecule has 0 saturated heterocycles. The van der Waals surface area contributed by atoms with Gasteiger partial charge in [0.2, 0.25) is 0 Å². The minimum absolute atomic E-state index is 0.0146. The van der Waals surface area contributed by atoms with Crippen LogP contribution >= 0.6 is 0 Å². The summed E-state index contributed by atoms with van der Waals surface area (Å²) in [5.74, 6) is 1.10. The molecule has 5 heteroatoms. The van der Waals surface area contributed by atoms with E-state index in [1.807, 2.05) is 18.2 Å². The first-order valence-electron chi connectivity index (χ1n) is 9.27. The maximum atomic E-state index is 12.4. The van der Waals surface area contributed by atoms with Gasteiger partial charge in [-0.3, -0.25) is 4.79 Å². The van der Waals surface area contributed by atoms with Gasteiger partial charge in [-0.25, -0.2) is 0 Å². The Hall–Kier alpha value is -2.95. The van der Waals surface area contributed by atoms with Crippen molar-refractivity contribution in [3.8, 4) is 11.5 Å².